The minimum atomic E-state index is -0.574. The summed E-state index contributed by atoms with van der Waals surface area (Å²) in [7, 11) is 0. The van der Waals surface area contributed by atoms with Crippen molar-refractivity contribution in [2.45, 2.75) is 6.54 Å². The number of benzene rings is 3. The molecule has 1 N–H and O–H groups in total. The minimum absolute atomic E-state index is 0.176. The number of halogens is 2. The number of hydrogen-bond donors (Lipinski definition) is 1. The Balaban J connectivity index is 1.65. The number of anilines is 1. The summed E-state index contributed by atoms with van der Waals surface area (Å²) in [6.07, 6.45) is 0. The van der Waals surface area contributed by atoms with E-state index in [4.69, 9.17) is 4.42 Å². The van der Waals surface area contributed by atoms with Gasteiger partial charge in [-0.3, -0.25) is 9.36 Å². The van der Waals surface area contributed by atoms with Crippen molar-refractivity contribution in [1.82, 2.24) is 4.57 Å². The number of carbonyl (C=O) groups is 1. The maximum atomic E-state index is 13.1. The molecule has 0 aliphatic carbocycles. The quantitative estimate of drug-likeness (QED) is 0.578. The monoisotopic (exact) mass is 380 g/mol. The number of rotatable bonds is 4. The van der Waals surface area contributed by atoms with Crippen molar-refractivity contribution in [1.29, 1.82) is 0 Å². The van der Waals surface area contributed by atoms with Gasteiger partial charge >= 0.3 is 5.76 Å². The van der Waals surface area contributed by atoms with Gasteiger partial charge in [0.1, 0.15) is 11.6 Å². The van der Waals surface area contributed by atoms with Gasteiger partial charge in [-0.25, -0.2) is 13.6 Å². The first-order chi connectivity index (χ1) is 13.5. The van der Waals surface area contributed by atoms with E-state index in [0.717, 1.165) is 0 Å². The molecule has 0 saturated carbocycles. The molecule has 0 bridgehead atoms. The number of fused-ring (bicyclic) bond motifs is 1. The van der Waals surface area contributed by atoms with Crippen molar-refractivity contribution >= 4 is 22.7 Å². The van der Waals surface area contributed by atoms with Gasteiger partial charge in [-0.2, -0.15) is 0 Å². The fourth-order valence-electron chi connectivity index (χ4n) is 2.86. The molecule has 0 saturated heterocycles. The second-order valence-electron chi connectivity index (χ2n) is 6.22. The molecule has 0 atom stereocenters. The van der Waals surface area contributed by atoms with E-state index < -0.39 is 17.5 Å². The third kappa shape index (κ3) is 3.55. The van der Waals surface area contributed by atoms with Crippen molar-refractivity contribution in [3.8, 4) is 0 Å². The van der Waals surface area contributed by atoms with E-state index in [2.05, 4.69) is 5.32 Å². The first-order valence-corrected chi connectivity index (χ1v) is 8.44. The molecule has 3 aromatic carbocycles. The van der Waals surface area contributed by atoms with E-state index in [-0.39, 0.29) is 12.4 Å². The lowest BCUT2D eigenvalue weighted by Crippen LogP contribution is -2.15. The average molecular weight is 380 g/mol. The molecule has 1 heterocycles. The van der Waals surface area contributed by atoms with Crippen molar-refractivity contribution in [2.75, 3.05) is 5.32 Å². The molecular formula is C21H14F2N2O3. The zero-order chi connectivity index (χ0) is 19.7. The SMILES string of the molecule is O=C(Nc1ccc(F)cc1)c1ccc2oc(=O)n(Cc3ccc(F)cc3)c2c1. The van der Waals surface area contributed by atoms with Crippen LogP contribution < -0.4 is 11.1 Å². The van der Waals surface area contributed by atoms with E-state index in [1.165, 1.54) is 53.1 Å². The third-order valence-corrected chi connectivity index (χ3v) is 4.29. The van der Waals surface area contributed by atoms with Gasteiger partial charge in [0, 0.05) is 11.3 Å². The predicted molar refractivity (Wildman–Crippen MR) is 100 cm³/mol. The maximum absolute atomic E-state index is 13.1. The van der Waals surface area contributed by atoms with E-state index in [1.54, 1.807) is 18.2 Å². The van der Waals surface area contributed by atoms with Gasteiger partial charge in [0.15, 0.2) is 5.58 Å². The molecule has 28 heavy (non-hydrogen) atoms. The highest BCUT2D eigenvalue weighted by Crippen LogP contribution is 2.18. The van der Waals surface area contributed by atoms with Crippen LogP contribution >= 0.6 is 0 Å². The second kappa shape index (κ2) is 7.11. The van der Waals surface area contributed by atoms with Crippen LogP contribution in [-0.2, 0) is 6.54 Å². The lowest BCUT2D eigenvalue weighted by Gasteiger charge is -2.06. The molecular weight excluding hydrogens is 366 g/mol. The summed E-state index contributed by atoms with van der Waals surface area (Å²) < 4.78 is 32.7. The lowest BCUT2D eigenvalue weighted by atomic mass is 10.1. The summed E-state index contributed by atoms with van der Waals surface area (Å²) in [6, 6.07) is 15.8. The Morgan fingerprint density at radius 3 is 2.25 bits per heavy atom. The van der Waals surface area contributed by atoms with E-state index in [0.29, 0.717) is 27.9 Å². The topological polar surface area (TPSA) is 64.2 Å². The average Bonchev–Trinajstić information content (AvgIpc) is 3.00. The minimum Gasteiger partial charge on any atom is -0.408 e. The van der Waals surface area contributed by atoms with Crippen LogP contribution in [0.15, 0.2) is 75.9 Å². The van der Waals surface area contributed by atoms with Gasteiger partial charge in [-0.1, -0.05) is 12.1 Å². The van der Waals surface area contributed by atoms with Gasteiger partial charge in [0.25, 0.3) is 5.91 Å². The Kier molecular flexibility index (Phi) is 4.49. The highest BCUT2D eigenvalue weighted by atomic mass is 19.1. The molecule has 140 valence electrons. The second-order valence-corrected chi connectivity index (χ2v) is 6.22. The number of nitrogens with zero attached hydrogens (tertiary/aromatic N) is 1. The number of carbonyl (C=O) groups excluding carboxylic acids is 1. The molecule has 0 aliphatic rings. The summed E-state index contributed by atoms with van der Waals surface area (Å²) in [4.78, 5) is 24.7. The molecule has 0 radical (unpaired) electrons. The van der Waals surface area contributed by atoms with Crippen molar-refractivity contribution < 1.29 is 18.0 Å². The predicted octanol–water partition coefficient (Wildman–Crippen LogP) is 4.17. The van der Waals surface area contributed by atoms with Crippen LogP contribution in [0.5, 0.6) is 0 Å². The highest BCUT2D eigenvalue weighted by Gasteiger charge is 2.14. The Hall–Kier alpha value is -3.74. The van der Waals surface area contributed by atoms with Crippen LogP contribution in [0.3, 0.4) is 0 Å². The zero-order valence-corrected chi connectivity index (χ0v) is 14.5. The summed E-state index contributed by atoms with van der Waals surface area (Å²) in [5.74, 6) is -1.75. The van der Waals surface area contributed by atoms with Crippen LogP contribution in [0.1, 0.15) is 15.9 Å². The molecule has 0 unspecified atom stereocenters. The number of nitrogens with one attached hydrogen (secondary N) is 1. The van der Waals surface area contributed by atoms with Gasteiger partial charge in [-0.05, 0) is 60.2 Å². The van der Waals surface area contributed by atoms with Crippen LogP contribution in [0.25, 0.3) is 11.1 Å². The van der Waals surface area contributed by atoms with Gasteiger partial charge in [-0.15, -0.1) is 0 Å². The van der Waals surface area contributed by atoms with Crippen LogP contribution in [0.2, 0.25) is 0 Å². The van der Waals surface area contributed by atoms with E-state index in [9.17, 15) is 18.4 Å². The van der Waals surface area contributed by atoms with Gasteiger partial charge < -0.3 is 9.73 Å². The molecule has 4 rings (SSSR count). The summed E-state index contributed by atoms with van der Waals surface area (Å²) >= 11 is 0. The van der Waals surface area contributed by atoms with Crippen LogP contribution in [0, 0.1) is 11.6 Å². The summed E-state index contributed by atoms with van der Waals surface area (Å²) in [6.45, 7) is 0.176. The fourth-order valence-corrected chi connectivity index (χ4v) is 2.86. The Morgan fingerprint density at radius 2 is 1.57 bits per heavy atom. The van der Waals surface area contributed by atoms with Crippen molar-refractivity contribution in [2.24, 2.45) is 0 Å². The van der Waals surface area contributed by atoms with Crippen molar-refractivity contribution in [3.05, 3.63) is 100 Å². The van der Waals surface area contributed by atoms with Gasteiger partial charge in [0.05, 0.1) is 12.1 Å². The number of hydrogen-bond acceptors (Lipinski definition) is 3. The normalized spacial score (nSPS) is 10.9. The smallest absolute Gasteiger partial charge is 0.408 e. The Labute approximate surface area is 157 Å². The number of aromatic nitrogens is 1. The van der Waals surface area contributed by atoms with Crippen molar-refractivity contribution in [3.63, 3.8) is 0 Å². The fraction of sp³-hybridized carbons (Fsp3) is 0.0476. The highest BCUT2D eigenvalue weighted by molar-refractivity contribution is 6.05. The zero-order valence-electron chi connectivity index (χ0n) is 14.5. The summed E-state index contributed by atoms with van der Waals surface area (Å²) in [5.41, 5.74) is 2.26. The van der Waals surface area contributed by atoms with Gasteiger partial charge in [0.2, 0.25) is 0 Å². The molecule has 0 aliphatic heterocycles. The molecule has 1 aromatic heterocycles. The number of oxazole rings is 1. The van der Waals surface area contributed by atoms with Crippen LogP contribution in [0.4, 0.5) is 14.5 Å². The lowest BCUT2D eigenvalue weighted by molar-refractivity contribution is 0.102. The first-order valence-electron chi connectivity index (χ1n) is 8.44. The standard InChI is InChI=1S/C21H14F2N2O3/c22-15-4-1-13(2-5-15)12-25-18-11-14(3-10-19(18)28-21(25)27)20(26)24-17-8-6-16(23)7-9-17/h1-11H,12H2,(H,24,26). The molecule has 1 amide bonds. The maximum Gasteiger partial charge on any atom is 0.420 e. The molecule has 0 spiro atoms. The molecule has 5 nitrogen and oxygen atoms in total. The molecule has 0 fully saturated rings. The Bertz CT molecular complexity index is 1210. The third-order valence-electron chi connectivity index (χ3n) is 4.29. The Morgan fingerprint density at radius 1 is 0.929 bits per heavy atom. The largest absolute Gasteiger partial charge is 0.420 e. The van der Waals surface area contributed by atoms with E-state index in [1.807, 2.05) is 0 Å². The molecule has 7 heteroatoms. The van der Waals surface area contributed by atoms with Crippen LogP contribution in [-0.4, -0.2) is 10.5 Å². The summed E-state index contributed by atoms with van der Waals surface area (Å²) in [5, 5.41) is 2.67. The molecule has 4 aromatic rings. The number of amides is 1. The van der Waals surface area contributed by atoms with E-state index >= 15 is 0 Å². The first kappa shape index (κ1) is 17.7.